The van der Waals surface area contributed by atoms with E-state index in [1.165, 1.54) is 5.56 Å². The van der Waals surface area contributed by atoms with E-state index in [9.17, 15) is 5.21 Å². The average molecular weight is 206 g/mol. The van der Waals surface area contributed by atoms with E-state index in [1.54, 1.807) is 0 Å². The molecule has 1 heterocycles. The van der Waals surface area contributed by atoms with Crippen LogP contribution in [0.15, 0.2) is 24.3 Å². The summed E-state index contributed by atoms with van der Waals surface area (Å²) >= 11 is 0. The van der Waals surface area contributed by atoms with Gasteiger partial charge in [0.15, 0.2) is 0 Å². The quantitative estimate of drug-likeness (QED) is 0.723. The number of aryl methyl sites for hydroxylation is 1. The molecule has 2 atom stereocenters. The Morgan fingerprint density at radius 3 is 2.73 bits per heavy atom. The SMILES string of the molecule is Cc1ccc(NCC2CCC[NH+]2[O-])cc1. The predicted molar refractivity (Wildman–Crippen MR) is 61.9 cm³/mol. The molecule has 3 heteroatoms. The molecule has 2 N–H and O–H groups in total. The lowest BCUT2D eigenvalue weighted by Crippen LogP contribution is -3.09. The van der Waals surface area contributed by atoms with Crippen LogP contribution in [0.3, 0.4) is 0 Å². The summed E-state index contributed by atoms with van der Waals surface area (Å²) in [5.74, 6) is 0. The zero-order valence-corrected chi connectivity index (χ0v) is 9.12. The fourth-order valence-electron chi connectivity index (χ4n) is 2.02. The Labute approximate surface area is 90.7 Å². The largest absolute Gasteiger partial charge is 0.634 e. The van der Waals surface area contributed by atoms with E-state index in [-0.39, 0.29) is 6.04 Å². The van der Waals surface area contributed by atoms with Gasteiger partial charge >= 0.3 is 0 Å². The minimum absolute atomic E-state index is 0.242. The highest BCUT2D eigenvalue weighted by Gasteiger charge is 2.21. The van der Waals surface area contributed by atoms with Crippen LogP contribution in [0.25, 0.3) is 0 Å². The van der Waals surface area contributed by atoms with Crippen LogP contribution in [0.5, 0.6) is 0 Å². The summed E-state index contributed by atoms with van der Waals surface area (Å²) in [6, 6.07) is 8.53. The zero-order chi connectivity index (χ0) is 10.7. The van der Waals surface area contributed by atoms with Gasteiger partial charge in [0.1, 0.15) is 6.04 Å². The first-order valence-corrected chi connectivity index (χ1v) is 5.59. The molecule has 2 unspecified atom stereocenters. The Morgan fingerprint density at radius 1 is 1.40 bits per heavy atom. The second-order valence-corrected chi connectivity index (χ2v) is 4.30. The Bertz CT molecular complexity index is 310. The lowest BCUT2D eigenvalue weighted by Gasteiger charge is -2.24. The van der Waals surface area contributed by atoms with Gasteiger partial charge in [-0.15, -0.1) is 0 Å². The van der Waals surface area contributed by atoms with Gasteiger partial charge in [-0.3, -0.25) is 0 Å². The van der Waals surface area contributed by atoms with Gasteiger partial charge in [-0.1, -0.05) is 17.7 Å². The average Bonchev–Trinajstić information content (AvgIpc) is 2.63. The maximum absolute atomic E-state index is 11.4. The Balaban J connectivity index is 1.85. The van der Waals surface area contributed by atoms with Crippen LogP contribution < -0.4 is 10.4 Å². The molecule has 3 nitrogen and oxygen atoms in total. The molecule has 1 aliphatic rings. The van der Waals surface area contributed by atoms with Gasteiger partial charge in [-0.25, -0.2) is 0 Å². The van der Waals surface area contributed by atoms with Crippen molar-refractivity contribution in [1.82, 2.24) is 0 Å². The molecule has 1 aromatic carbocycles. The van der Waals surface area contributed by atoms with Crippen LogP contribution >= 0.6 is 0 Å². The normalized spacial score (nSPS) is 25.5. The van der Waals surface area contributed by atoms with Gasteiger partial charge in [-0.2, -0.15) is 0 Å². The van der Waals surface area contributed by atoms with Crippen LogP contribution in [-0.4, -0.2) is 19.1 Å². The number of hydrogen-bond acceptors (Lipinski definition) is 2. The maximum atomic E-state index is 11.4. The van der Waals surface area contributed by atoms with Crippen molar-refractivity contribution >= 4 is 5.69 Å². The van der Waals surface area contributed by atoms with Crippen molar-refractivity contribution in [2.24, 2.45) is 0 Å². The van der Waals surface area contributed by atoms with E-state index in [0.717, 1.165) is 31.6 Å². The fraction of sp³-hybridized carbons (Fsp3) is 0.500. The number of hydrogen-bond donors (Lipinski definition) is 2. The summed E-state index contributed by atoms with van der Waals surface area (Å²) in [6.45, 7) is 3.65. The van der Waals surface area contributed by atoms with E-state index in [0.29, 0.717) is 5.06 Å². The highest BCUT2D eigenvalue weighted by atomic mass is 16.5. The van der Waals surface area contributed by atoms with Gasteiger partial charge < -0.3 is 15.6 Å². The minimum atomic E-state index is 0.242. The molecule has 1 aromatic rings. The third-order valence-corrected chi connectivity index (χ3v) is 3.04. The summed E-state index contributed by atoms with van der Waals surface area (Å²) < 4.78 is 0. The van der Waals surface area contributed by atoms with Crippen molar-refractivity contribution in [3.05, 3.63) is 35.0 Å². The molecule has 0 bridgehead atoms. The van der Waals surface area contributed by atoms with Crippen molar-refractivity contribution < 1.29 is 5.06 Å². The summed E-state index contributed by atoms with van der Waals surface area (Å²) in [7, 11) is 0. The number of anilines is 1. The van der Waals surface area contributed by atoms with Crippen molar-refractivity contribution in [1.29, 1.82) is 0 Å². The molecule has 0 aliphatic carbocycles. The summed E-state index contributed by atoms with van der Waals surface area (Å²) in [5, 5.41) is 15.2. The van der Waals surface area contributed by atoms with E-state index >= 15 is 0 Å². The lowest BCUT2D eigenvalue weighted by atomic mass is 10.2. The monoisotopic (exact) mass is 206 g/mol. The summed E-state index contributed by atoms with van der Waals surface area (Å²) in [6.07, 6.45) is 2.12. The molecule has 1 saturated heterocycles. The Morgan fingerprint density at radius 2 is 2.13 bits per heavy atom. The van der Waals surface area contributed by atoms with Gasteiger partial charge in [0.25, 0.3) is 0 Å². The third-order valence-electron chi connectivity index (χ3n) is 3.04. The number of nitrogens with one attached hydrogen (secondary N) is 2. The molecule has 82 valence electrons. The second-order valence-electron chi connectivity index (χ2n) is 4.30. The van der Waals surface area contributed by atoms with Gasteiger partial charge in [0.05, 0.1) is 13.1 Å². The lowest BCUT2D eigenvalue weighted by molar-refractivity contribution is -0.858. The molecule has 0 saturated carbocycles. The third kappa shape index (κ3) is 2.70. The number of hydroxylamine groups is 2. The standard InChI is InChI=1S/C12H18N2O/c1-10-4-6-11(7-5-10)13-9-12-3-2-8-14(12)15/h4-7,12-14H,2-3,8-9H2,1H3. The van der Waals surface area contributed by atoms with Crippen molar-refractivity contribution in [2.45, 2.75) is 25.8 Å². The maximum Gasteiger partial charge on any atom is 0.105 e. The van der Waals surface area contributed by atoms with Gasteiger partial charge in [-0.05, 0) is 19.1 Å². The van der Waals surface area contributed by atoms with Crippen LogP contribution in [-0.2, 0) is 0 Å². The second kappa shape index (κ2) is 4.64. The van der Waals surface area contributed by atoms with Crippen molar-refractivity contribution in [3.8, 4) is 0 Å². The highest BCUT2D eigenvalue weighted by molar-refractivity contribution is 5.44. The van der Waals surface area contributed by atoms with E-state index in [1.807, 2.05) is 0 Å². The molecule has 0 spiro atoms. The molecule has 15 heavy (non-hydrogen) atoms. The van der Waals surface area contributed by atoms with E-state index in [4.69, 9.17) is 0 Å². The molecule has 1 aliphatic heterocycles. The topological polar surface area (TPSA) is 39.5 Å². The highest BCUT2D eigenvalue weighted by Crippen LogP contribution is 2.09. The first kappa shape index (κ1) is 10.5. The molecule has 0 amide bonds. The van der Waals surface area contributed by atoms with E-state index < -0.39 is 0 Å². The predicted octanol–water partition coefficient (Wildman–Crippen LogP) is 0.952. The first-order chi connectivity index (χ1) is 7.25. The van der Waals surface area contributed by atoms with Gasteiger partial charge in [0.2, 0.25) is 0 Å². The zero-order valence-electron chi connectivity index (χ0n) is 9.12. The molecule has 2 rings (SSSR count). The Hall–Kier alpha value is -1.06. The molecule has 0 aromatic heterocycles. The number of benzene rings is 1. The number of rotatable bonds is 3. The summed E-state index contributed by atoms with van der Waals surface area (Å²) in [5.41, 5.74) is 2.37. The molecule has 1 fully saturated rings. The van der Waals surface area contributed by atoms with E-state index in [2.05, 4.69) is 36.5 Å². The van der Waals surface area contributed by atoms with Gasteiger partial charge in [0, 0.05) is 18.5 Å². The molecular weight excluding hydrogens is 188 g/mol. The van der Waals surface area contributed by atoms with Crippen LogP contribution in [0.2, 0.25) is 0 Å². The first-order valence-electron chi connectivity index (χ1n) is 5.59. The molecule has 0 radical (unpaired) electrons. The summed E-state index contributed by atoms with van der Waals surface area (Å²) in [4.78, 5) is 0. The molecular formula is C12H18N2O. The van der Waals surface area contributed by atoms with Crippen LogP contribution in [0.4, 0.5) is 5.69 Å². The Kier molecular flexibility index (Phi) is 3.23. The smallest absolute Gasteiger partial charge is 0.105 e. The van der Waals surface area contributed by atoms with Crippen molar-refractivity contribution in [2.75, 3.05) is 18.4 Å². The van der Waals surface area contributed by atoms with Crippen LogP contribution in [0.1, 0.15) is 18.4 Å². The fourth-order valence-corrected chi connectivity index (χ4v) is 2.02. The van der Waals surface area contributed by atoms with Crippen LogP contribution in [0, 0.1) is 12.1 Å². The van der Waals surface area contributed by atoms with Crippen molar-refractivity contribution in [3.63, 3.8) is 0 Å². The number of quaternary nitrogens is 1. The minimum Gasteiger partial charge on any atom is -0.634 e.